The van der Waals surface area contributed by atoms with Crippen molar-refractivity contribution in [2.45, 2.75) is 31.8 Å². The van der Waals surface area contributed by atoms with E-state index >= 15 is 0 Å². The average Bonchev–Trinajstić information content (AvgIpc) is 3.15. The highest BCUT2D eigenvalue weighted by molar-refractivity contribution is 8.00. The molecule has 8 heteroatoms. The van der Waals surface area contributed by atoms with Crippen molar-refractivity contribution in [1.29, 1.82) is 5.26 Å². The summed E-state index contributed by atoms with van der Waals surface area (Å²) in [4.78, 5) is 28.3. The number of aryl methyl sites for hydroxylation is 1. The number of esters is 1. The van der Waals surface area contributed by atoms with Crippen LogP contribution in [0.2, 0.25) is 0 Å². The van der Waals surface area contributed by atoms with Crippen molar-refractivity contribution in [3.05, 3.63) is 47.0 Å². The molecule has 1 amide bonds. The van der Waals surface area contributed by atoms with Gasteiger partial charge in [-0.2, -0.15) is 5.26 Å². The molecule has 0 aliphatic heterocycles. The minimum Gasteiger partial charge on any atom is -0.467 e. The summed E-state index contributed by atoms with van der Waals surface area (Å²) >= 11 is 1.14. The normalized spacial score (nSPS) is 11.5. The lowest BCUT2D eigenvalue weighted by molar-refractivity contribution is -0.119. The van der Waals surface area contributed by atoms with Crippen molar-refractivity contribution >= 4 is 23.6 Å². The number of nitrogens with one attached hydrogen (secondary N) is 1. The summed E-state index contributed by atoms with van der Waals surface area (Å²) < 4.78 is 10.2. The highest BCUT2D eigenvalue weighted by atomic mass is 32.2. The number of carbonyl (C=O) groups is 2. The van der Waals surface area contributed by atoms with E-state index in [-0.39, 0.29) is 35.4 Å². The molecule has 0 fully saturated rings. The molecule has 0 saturated carbocycles. The molecule has 0 aromatic carbocycles. The van der Waals surface area contributed by atoms with E-state index in [2.05, 4.69) is 10.3 Å². The quantitative estimate of drug-likeness (QED) is 0.587. The number of nitrogens with zero attached hydrogens (tertiary/aromatic N) is 2. The monoisotopic (exact) mass is 373 g/mol. The third-order valence-corrected chi connectivity index (χ3v) is 4.47. The Labute approximate surface area is 155 Å². The second kappa shape index (κ2) is 9.06. The van der Waals surface area contributed by atoms with Crippen molar-refractivity contribution in [3.63, 3.8) is 0 Å². The molecule has 0 unspecified atom stereocenters. The molecule has 136 valence electrons. The van der Waals surface area contributed by atoms with Crippen molar-refractivity contribution in [2.24, 2.45) is 0 Å². The van der Waals surface area contributed by atoms with E-state index in [0.29, 0.717) is 16.5 Å². The van der Waals surface area contributed by atoms with Gasteiger partial charge in [0.05, 0.1) is 41.5 Å². The second-order valence-electron chi connectivity index (χ2n) is 5.40. The van der Waals surface area contributed by atoms with Gasteiger partial charge >= 0.3 is 5.97 Å². The molecule has 2 aromatic rings. The summed E-state index contributed by atoms with van der Waals surface area (Å²) in [7, 11) is 0. The lowest BCUT2D eigenvalue weighted by Gasteiger charge is -2.12. The van der Waals surface area contributed by atoms with Gasteiger partial charge in [-0.1, -0.05) is 11.8 Å². The van der Waals surface area contributed by atoms with Crippen LogP contribution in [0.4, 0.5) is 0 Å². The van der Waals surface area contributed by atoms with Crippen LogP contribution in [-0.4, -0.2) is 29.2 Å². The predicted octanol–water partition coefficient (Wildman–Crippen LogP) is 3.00. The maximum absolute atomic E-state index is 12.1. The molecule has 0 aliphatic rings. The van der Waals surface area contributed by atoms with E-state index < -0.39 is 5.97 Å². The highest BCUT2D eigenvalue weighted by Gasteiger charge is 2.18. The van der Waals surface area contributed by atoms with E-state index in [0.717, 1.165) is 11.8 Å². The van der Waals surface area contributed by atoms with Gasteiger partial charge in [-0.3, -0.25) is 4.79 Å². The van der Waals surface area contributed by atoms with Crippen LogP contribution in [0.25, 0.3) is 0 Å². The summed E-state index contributed by atoms with van der Waals surface area (Å²) in [6.07, 6.45) is 1.55. The number of hydrogen-bond donors (Lipinski definition) is 1. The zero-order chi connectivity index (χ0) is 19.1. The smallest absolute Gasteiger partial charge is 0.340 e. The largest absolute Gasteiger partial charge is 0.467 e. The number of nitriles is 1. The van der Waals surface area contributed by atoms with Crippen LogP contribution in [0.3, 0.4) is 0 Å². The zero-order valence-electron chi connectivity index (χ0n) is 14.7. The fourth-order valence-electron chi connectivity index (χ4n) is 2.21. The maximum Gasteiger partial charge on any atom is 0.340 e. The maximum atomic E-state index is 12.1. The van der Waals surface area contributed by atoms with Gasteiger partial charge in [-0.25, -0.2) is 9.78 Å². The molecule has 0 bridgehead atoms. The SMILES string of the molecule is CCOC(=O)c1cc(C#N)c(SCC(=O)N[C@H](C)c2ccco2)nc1C. The van der Waals surface area contributed by atoms with Crippen molar-refractivity contribution in [2.75, 3.05) is 12.4 Å². The minimum atomic E-state index is -0.518. The highest BCUT2D eigenvalue weighted by Crippen LogP contribution is 2.23. The third-order valence-electron chi connectivity index (χ3n) is 3.48. The number of amides is 1. The molecule has 1 atom stereocenters. The number of carbonyl (C=O) groups excluding carboxylic acids is 2. The fraction of sp³-hybridized carbons (Fsp3) is 0.333. The van der Waals surface area contributed by atoms with Crippen LogP contribution in [0.5, 0.6) is 0 Å². The number of ether oxygens (including phenoxy) is 1. The molecular weight excluding hydrogens is 354 g/mol. The number of hydrogen-bond acceptors (Lipinski definition) is 7. The number of aromatic nitrogens is 1. The summed E-state index contributed by atoms with van der Waals surface area (Å²) in [6, 6.07) is 6.74. The summed E-state index contributed by atoms with van der Waals surface area (Å²) in [6.45, 7) is 5.43. The zero-order valence-corrected chi connectivity index (χ0v) is 15.6. The van der Waals surface area contributed by atoms with Gasteiger partial charge in [0.1, 0.15) is 16.9 Å². The molecule has 2 rings (SSSR count). The Balaban J connectivity index is 2.05. The molecule has 7 nitrogen and oxygen atoms in total. The molecule has 1 N–H and O–H groups in total. The van der Waals surface area contributed by atoms with Gasteiger partial charge in [0.2, 0.25) is 5.91 Å². The van der Waals surface area contributed by atoms with Crippen LogP contribution in [0.15, 0.2) is 33.9 Å². The summed E-state index contributed by atoms with van der Waals surface area (Å²) in [5, 5.41) is 12.5. The van der Waals surface area contributed by atoms with Gasteiger partial charge in [-0.05, 0) is 39.0 Å². The molecule has 2 aromatic heterocycles. The Morgan fingerprint density at radius 1 is 1.50 bits per heavy atom. The van der Waals surface area contributed by atoms with Gasteiger partial charge in [0.25, 0.3) is 0 Å². The van der Waals surface area contributed by atoms with Crippen molar-refractivity contribution in [3.8, 4) is 6.07 Å². The van der Waals surface area contributed by atoms with E-state index in [1.807, 2.05) is 13.0 Å². The summed E-state index contributed by atoms with van der Waals surface area (Å²) in [5.41, 5.74) is 0.938. The Bertz CT molecular complexity index is 828. The van der Waals surface area contributed by atoms with Gasteiger partial charge < -0.3 is 14.5 Å². The molecular formula is C18H19N3O4S. The van der Waals surface area contributed by atoms with Crippen molar-refractivity contribution < 1.29 is 18.7 Å². The number of rotatable bonds is 7. The lowest BCUT2D eigenvalue weighted by Crippen LogP contribution is -2.28. The number of pyridine rings is 1. The minimum absolute atomic E-state index is 0.0882. The first-order valence-corrected chi connectivity index (χ1v) is 8.99. The molecule has 0 aliphatic carbocycles. The Morgan fingerprint density at radius 2 is 2.27 bits per heavy atom. The molecule has 0 saturated heterocycles. The molecule has 0 radical (unpaired) electrons. The number of furan rings is 1. The molecule has 0 spiro atoms. The Morgan fingerprint density at radius 3 is 2.88 bits per heavy atom. The van der Waals surface area contributed by atoms with E-state index in [4.69, 9.17) is 9.15 Å². The van der Waals surface area contributed by atoms with Crippen LogP contribution >= 0.6 is 11.8 Å². The first-order chi connectivity index (χ1) is 12.5. The van der Waals surface area contributed by atoms with Gasteiger partial charge in [-0.15, -0.1) is 0 Å². The summed E-state index contributed by atoms with van der Waals surface area (Å²) in [5.74, 6) is 0.0198. The lowest BCUT2D eigenvalue weighted by atomic mass is 10.1. The van der Waals surface area contributed by atoms with Gasteiger partial charge in [0.15, 0.2) is 0 Å². The van der Waals surface area contributed by atoms with E-state index in [9.17, 15) is 14.9 Å². The average molecular weight is 373 g/mol. The second-order valence-corrected chi connectivity index (χ2v) is 6.36. The predicted molar refractivity (Wildman–Crippen MR) is 95.6 cm³/mol. The van der Waals surface area contributed by atoms with Gasteiger partial charge in [0, 0.05) is 0 Å². The molecule has 2 heterocycles. The standard InChI is InChI=1S/C18H19N3O4S/c1-4-24-18(23)14-8-13(9-19)17(21-11(14)2)26-10-16(22)20-12(3)15-6-5-7-25-15/h5-8,12H,4,10H2,1-3H3,(H,20,22)/t12-/m1/s1. The number of thioether (sulfide) groups is 1. The van der Waals surface area contributed by atoms with Crippen LogP contribution in [0.1, 0.15) is 47.3 Å². The van der Waals surface area contributed by atoms with E-state index in [1.54, 1.807) is 32.2 Å². The fourth-order valence-corrected chi connectivity index (χ4v) is 3.03. The van der Waals surface area contributed by atoms with Crippen LogP contribution in [-0.2, 0) is 9.53 Å². The Hall–Kier alpha value is -2.79. The van der Waals surface area contributed by atoms with E-state index in [1.165, 1.54) is 6.07 Å². The topological polar surface area (TPSA) is 105 Å². The van der Waals surface area contributed by atoms with Crippen molar-refractivity contribution in [1.82, 2.24) is 10.3 Å². The Kier molecular flexibility index (Phi) is 6.81. The van der Waals surface area contributed by atoms with Crippen LogP contribution in [0, 0.1) is 18.3 Å². The third kappa shape index (κ3) is 4.86. The first-order valence-electron chi connectivity index (χ1n) is 8.00. The van der Waals surface area contributed by atoms with Crippen LogP contribution < -0.4 is 5.32 Å². The first kappa shape index (κ1) is 19.5. The molecule has 26 heavy (non-hydrogen) atoms.